The van der Waals surface area contributed by atoms with E-state index in [2.05, 4.69) is 29.6 Å². The Morgan fingerprint density at radius 2 is 1.69 bits per heavy atom. The van der Waals surface area contributed by atoms with E-state index in [1.54, 1.807) is 0 Å². The first-order chi connectivity index (χ1) is 15.5. The van der Waals surface area contributed by atoms with Gasteiger partial charge in [0.15, 0.2) is 0 Å². The van der Waals surface area contributed by atoms with E-state index in [9.17, 15) is 4.79 Å². The molecule has 170 valence electrons. The summed E-state index contributed by atoms with van der Waals surface area (Å²) in [7, 11) is 4.12. The average Bonchev–Trinajstić information content (AvgIpc) is 2.80. The Bertz CT molecular complexity index is 962. The van der Waals surface area contributed by atoms with Crippen molar-refractivity contribution in [1.82, 2.24) is 15.3 Å². The lowest BCUT2D eigenvalue weighted by molar-refractivity contribution is -0.118. The summed E-state index contributed by atoms with van der Waals surface area (Å²) < 4.78 is 0. The lowest BCUT2D eigenvalue weighted by Gasteiger charge is -2.30. The molecule has 0 unspecified atom stereocenters. The van der Waals surface area contributed by atoms with Gasteiger partial charge in [0, 0.05) is 37.3 Å². The summed E-state index contributed by atoms with van der Waals surface area (Å²) in [6.45, 7) is 1.88. The number of hydrogen-bond donors (Lipinski definition) is 2. The lowest BCUT2D eigenvalue weighted by atomic mass is 9.91. The van der Waals surface area contributed by atoms with E-state index >= 15 is 0 Å². The molecule has 2 aliphatic rings. The minimum absolute atomic E-state index is 0.0268. The zero-order valence-corrected chi connectivity index (χ0v) is 19.5. The summed E-state index contributed by atoms with van der Waals surface area (Å²) in [5, 5.41) is 6.80. The second kappa shape index (κ2) is 10.2. The van der Waals surface area contributed by atoms with Gasteiger partial charge in [-0.2, -0.15) is 4.98 Å². The highest BCUT2D eigenvalue weighted by molar-refractivity contribution is 5.97. The van der Waals surface area contributed by atoms with Crippen LogP contribution in [0.2, 0.25) is 0 Å². The number of aromatic nitrogens is 2. The molecule has 0 atom stereocenters. The number of amides is 1. The fourth-order valence-corrected chi connectivity index (χ4v) is 4.74. The van der Waals surface area contributed by atoms with Crippen LogP contribution in [0.1, 0.15) is 62.3 Å². The van der Waals surface area contributed by atoms with Crippen molar-refractivity contribution >= 4 is 23.7 Å². The number of carbonyl (C=O) groups is 1. The monoisotopic (exact) mass is 433 g/mol. The van der Waals surface area contributed by atoms with E-state index in [1.165, 1.54) is 24.1 Å². The van der Waals surface area contributed by atoms with Gasteiger partial charge in [-0.3, -0.25) is 4.79 Å². The Kier molecular flexibility index (Phi) is 7.08. The zero-order valence-electron chi connectivity index (χ0n) is 19.5. The van der Waals surface area contributed by atoms with Gasteiger partial charge in [0.05, 0.1) is 5.69 Å². The van der Waals surface area contributed by atoms with Gasteiger partial charge >= 0.3 is 0 Å². The third kappa shape index (κ3) is 5.47. The lowest BCUT2D eigenvalue weighted by Crippen LogP contribution is -2.40. The minimum atomic E-state index is 0.0268. The van der Waals surface area contributed by atoms with Crippen molar-refractivity contribution in [3.8, 4) is 0 Å². The van der Waals surface area contributed by atoms with Crippen molar-refractivity contribution in [2.45, 2.75) is 70.4 Å². The number of aryl methyl sites for hydroxylation is 1. The van der Waals surface area contributed by atoms with Gasteiger partial charge < -0.3 is 15.5 Å². The van der Waals surface area contributed by atoms with E-state index in [0.717, 1.165) is 61.4 Å². The maximum atomic E-state index is 12.6. The maximum absolute atomic E-state index is 12.6. The fraction of sp³-hybridized carbons (Fsp3) is 0.500. The summed E-state index contributed by atoms with van der Waals surface area (Å²) in [6.07, 6.45) is 10.4. The quantitative estimate of drug-likeness (QED) is 0.662. The highest BCUT2D eigenvalue weighted by atomic mass is 16.1. The number of anilines is 2. The van der Waals surface area contributed by atoms with Crippen LogP contribution in [-0.2, 0) is 17.6 Å². The van der Waals surface area contributed by atoms with Gasteiger partial charge in [-0.15, -0.1) is 0 Å². The SMILES string of the molecule is CC(=Cc1ccccc1)C(=O)N[C@H]1CC[C@@H](Nc2nc3c(c(N(C)C)n2)CCCC3)CC1. The predicted molar refractivity (Wildman–Crippen MR) is 131 cm³/mol. The summed E-state index contributed by atoms with van der Waals surface area (Å²) in [5.74, 6) is 1.83. The number of hydrogen-bond acceptors (Lipinski definition) is 5. The predicted octanol–water partition coefficient (Wildman–Crippen LogP) is 4.36. The molecular weight excluding hydrogens is 398 g/mol. The van der Waals surface area contributed by atoms with Crippen LogP contribution in [0, 0.1) is 0 Å². The average molecular weight is 434 g/mol. The van der Waals surface area contributed by atoms with Crippen molar-refractivity contribution in [2.75, 3.05) is 24.3 Å². The van der Waals surface area contributed by atoms with Crippen LogP contribution in [-0.4, -0.2) is 42.1 Å². The molecule has 1 saturated carbocycles. The molecule has 0 bridgehead atoms. The number of nitrogens with one attached hydrogen (secondary N) is 2. The first-order valence-electron chi connectivity index (χ1n) is 11.9. The highest BCUT2D eigenvalue weighted by Gasteiger charge is 2.25. The molecule has 2 aromatic rings. The Morgan fingerprint density at radius 3 is 2.41 bits per heavy atom. The first-order valence-corrected chi connectivity index (χ1v) is 11.9. The molecule has 1 aromatic heterocycles. The van der Waals surface area contributed by atoms with Gasteiger partial charge in [0.1, 0.15) is 5.82 Å². The summed E-state index contributed by atoms with van der Waals surface area (Å²) >= 11 is 0. The molecule has 1 amide bonds. The molecule has 0 spiro atoms. The molecule has 6 heteroatoms. The van der Waals surface area contributed by atoms with Gasteiger partial charge in [-0.1, -0.05) is 30.3 Å². The Labute approximate surface area is 191 Å². The van der Waals surface area contributed by atoms with Crippen molar-refractivity contribution in [2.24, 2.45) is 0 Å². The van der Waals surface area contributed by atoms with Crippen LogP contribution in [0.4, 0.5) is 11.8 Å². The van der Waals surface area contributed by atoms with Gasteiger partial charge in [0.2, 0.25) is 11.9 Å². The Hall–Kier alpha value is -2.89. The molecule has 0 saturated heterocycles. The van der Waals surface area contributed by atoms with Crippen LogP contribution in [0.3, 0.4) is 0 Å². The number of benzene rings is 1. The smallest absolute Gasteiger partial charge is 0.247 e. The van der Waals surface area contributed by atoms with Crippen LogP contribution in [0.25, 0.3) is 6.08 Å². The van der Waals surface area contributed by atoms with Crippen LogP contribution >= 0.6 is 0 Å². The van der Waals surface area contributed by atoms with E-state index in [4.69, 9.17) is 9.97 Å². The molecule has 1 fully saturated rings. The Morgan fingerprint density at radius 1 is 1.00 bits per heavy atom. The number of rotatable bonds is 6. The molecule has 0 aliphatic heterocycles. The molecule has 1 aromatic carbocycles. The first kappa shape index (κ1) is 22.3. The van der Waals surface area contributed by atoms with Crippen molar-refractivity contribution < 1.29 is 4.79 Å². The zero-order chi connectivity index (χ0) is 22.5. The molecule has 4 rings (SSSR count). The van der Waals surface area contributed by atoms with Crippen molar-refractivity contribution in [3.63, 3.8) is 0 Å². The summed E-state index contributed by atoms with van der Waals surface area (Å²) in [6, 6.07) is 10.5. The summed E-state index contributed by atoms with van der Waals surface area (Å²) in [5.41, 5.74) is 4.32. The normalized spacial score (nSPS) is 20.9. The molecule has 0 radical (unpaired) electrons. The van der Waals surface area contributed by atoms with Gasteiger partial charge in [-0.25, -0.2) is 4.98 Å². The topological polar surface area (TPSA) is 70.2 Å². The molecule has 6 nitrogen and oxygen atoms in total. The van der Waals surface area contributed by atoms with E-state index in [1.807, 2.05) is 43.3 Å². The molecule has 2 aliphatic carbocycles. The van der Waals surface area contributed by atoms with Crippen molar-refractivity contribution in [1.29, 1.82) is 0 Å². The van der Waals surface area contributed by atoms with Crippen LogP contribution in [0.15, 0.2) is 35.9 Å². The molecule has 2 N–H and O–H groups in total. The number of carbonyl (C=O) groups excluding carboxylic acids is 1. The van der Waals surface area contributed by atoms with Crippen LogP contribution in [0.5, 0.6) is 0 Å². The fourth-order valence-electron chi connectivity index (χ4n) is 4.74. The van der Waals surface area contributed by atoms with E-state index in [-0.39, 0.29) is 11.9 Å². The number of nitrogens with zero attached hydrogens (tertiary/aromatic N) is 3. The Balaban J connectivity index is 1.32. The second-order valence-corrected chi connectivity index (χ2v) is 9.30. The maximum Gasteiger partial charge on any atom is 0.247 e. The van der Waals surface area contributed by atoms with Crippen molar-refractivity contribution in [3.05, 3.63) is 52.7 Å². The molecule has 1 heterocycles. The number of fused-ring (bicyclic) bond motifs is 1. The van der Waals surface area contributed by atoms with E-state index < -0.39 is 0 Å². The third-order valence-electron chi connectivity index (χ3n) is 6.52. The minimum Gasteiger partial charge on any atom is -0.362 e. The van der Waals surface area contributed by atoms with Crippen LogP contribution < -0.4 is 15.5 Å². The van der Waals surface area contributed by atoms with Gasteiger partial charge in [-0.05, 0) is 69.9 Å². The highest BCUT2D eigenvalue weighted by Crippen LogP contribution is 2.29. The third-order valence-corrected chi connectivity index (χ3v) is 6.52. The van der Waals surface area contributed by atoms with Gasteiger partial charge in [0.25, 0.3) is 0 Å². The van der Waals surface area contributed by atoms with E-state index in [0.29, 0.717) is 6.04 Å². The largest absolute Gasteiger partial charge is 0.362 e. The standard InChI is InChI=1S/C26H35N5O/c1-18(17-19-9-5-4-6-10-19)25(32)27-20-13-15-21(16-14-20)28-26-29-23-12-8-7-11-22(23)24(30-26)31(2)3/h4-6,9-10,17,20-21H,7-8,11-16H2,1-3H3,(H,27,32)(H,28,29,30)/t20-,21+. The summed E-state index contributed by atoms with van der Waals surface area (Å²) in [4.78, 5) is 24.4. The second-order valence-electron chi connectivity index (χ2n) is 9.30. The molecule has 32 heavy (non-hydrogen) atoms. The molecular formula is C26H35N5O.